The number of rotatable bonds is 2. The van der Waals surface area contributed by atoms with Gasteiger partial charge in [0.2, 0.25) is 0 Å². The van der Waals surface area contributed by atoms with E-state index in [1.165, 1.54) is 12.1 Å². The molecular weight excluding hydrogens is 223 g/mol. The van der Waals surface area contributed by atoms with Gasteiger partial charge in [0.15, 0.2) is 0 Å². The van der Waals surface area contributed by atoms with E-state index in [0.717, 1.165) is 11.3 Å². The Hall–Kier alpha value is -2.17. The molecule has 0 fully saturated rings. The number of benzene rings is 1. The minimum Gasteiger partial charge on any atom is -0.478 e. The summed E-state index contributed by atoms with van der Waals surface area (Å²) in [5, 5.41) is 12.9. The van der Waals surface area contributed by atoms with Gasteiger partial charge in [-0.3, -0.25) is 4.68 Å². The minimum absolute atomic E-state index is 0.324. The van der Waals surface area contributed by atoms with E-state index < -0.39 is 11.8 Å². The van der Waals surface area contributed by atoms with Crippen molar-refractivity contribution in [2.45, 2.75) is 6.92 Å². The van der Waals surface area contributed by atoms with Crippen molar-refractivity contribution in [2.75, 3.05) is 0 Å². The first-order chi connectivity index (χ1) is 7.99. The maximum absolute atomic E-state index is 13.5. The summed E-state index contributed by atoms with van der Waals surface area (Å²) in [5.41, 5.74) is 1.87. The van der Waals surface area contributed by atoms with Crippen LogP contribution in [0, 0.1) is 12.7 Å². The average molecular weight is 234 g/mol. The van der Waals surface area contributed by atoms with E-state index in [0.29, 0.717) is 5.56 Å². The van der Waals surface area contributed by atoms with Crippen LogP contribution in [-0.4, -0.2) is 20.9 Å². The lowest BCUT2D eigenvalue weighted by Crippen LogP contribution is -2.00. The predicted molar refractivity (Wildman–Crippen MR) is 60.3 cm³/mol. The van der Waals surface area contributed by atoms with Crippen molar-refractivity contribution in [3.05, 3.63) is 41.5 Å². The second-order valence-corrected chi connectivity index (χ2v) is 3.80. The van der Waals surface area contributed by atoms with Crippen LogP contribution in [0.2, 0.25) is 0 Å². The summed E-state index contributed by atoms with van der Waals surface area (Å²) < 4.78 is 15.1. The molecule has 0 aliphatic rings. The smallest absolute Gasteiger partial charge is 0.338 e. The molecule has 0 saturated heterocycles. The summed E-state index contributed by atoms with van der Waals surface area (Å²) in [4.78, 5) is 10.7. The topological polar surface area (TPSA) is 55.1 Å². The Morgan fingerprint density at radius 3 is 2.65 bits per heavy atom. The van der Waals surface area contributed by atoms with Gasteiger partial charge in [0.1, 0.15) is 5.82 Å². The SMILES string of the molecule is Cc1nn(C)cc1-c1ccc(C(=O)O)c(F)c1. The number of hydrogen-bond donors (Lipinski definition) is 1. The predicted octanol–water partition coefficient (Wildman–Crippen LogP) is 2.23. The highest BCUT2D eigenvalue weighted by molar-refractivity contribution is 5.88. The monoisotopic (exact) mass is 234 g/mol. The van der Waals surface area contributed by atoms with Crippen molar-refractivity contribution in [3.8, 4) is 11.1 Å². The summed E-state index contributed by atoms with van der Waals surface area (Å²) in [6, 6.07) is 4.06. The lowest BCUT2D eigenvalue weighted by molar-refractivity contribution is 0.0692. The summed E-state index contributed by atoms with van der Waals surface area (Å²) in [7, 11) is 1.78. The van der Waals surface area contributed by atoms with E-state index in [2.05, 4.69) is 5.10 Å². The van der Waals surface area contributed by atoms with Crippen molar-refractivity contribution in [3.63, 3.8) is 0 Å². The Morgan fingerprint density at radius 2 is 2.18 bits per heavy atom. The quantitative estimate of drug-likeness (QED) is 0.866. The van der Waals surface area contributed by atoms with Crippen LogP contribution in [0.25, 0.3) is 11.1 Å². The first kappa shape index (κ1) is 11.3. The lowest BCUT2D eigenvalue weighted by atomic mass is 10.0. The van der Waals surface area contributed by atoms with Crippen LogP contribution in [0.1, 0.15) is 16.1 Å². The summed E-state index contributed by atoms with van der Waals surface area (Å²) in [6.07, 6.45) is 1.77. The molecule has 1 heterocycles. The molecule has 5 heteroatoms. The maximum Gasteiger partial charge on any atom is 0.338 e. The fraction of sp³-hybridized carbons (Fsp3) is 0.167. The third-order valence-corrected chi connectivity index (χ3v) is 2.52. The van der Waals surface area contributed by atoms with Crippen molar-refractivity contribution < 1.29 is 14.3 Å². The van der Waals surface area contributed by atoms with E-state index in [4.69, 9.17) is 5.11 Å². The van der Waals surface area contributed by atoms with E-state index in [9.17, 15) is 9.18 Å². The highest BCUT2D eigenvalue weighted by Gasteiger charge is 2.13. The molecule has 1 aromatic heterocycles. The number of aryl methyl sites for hydroxylation is 2. The molecule has 0 aliphatic heterocycles. The molecule has 0 atom stereocenters. The van der Waals surface area contributed by atoms with E-state index in [1.54, 1.807) is 24.0 Å². The normalized spacial score (nSPS) is 10.5. The summed E-state index contributed by atoms with van der Waals surface area (Å²) >= 11 is 0. The highest BCUT2D eigenvalue weighted by atomic mass is 19.1. The lowest BCUT2D eigenvalue weighted by Gasteiger charge is -2.02. The van der Waals surface area contributed by atoms with Crippen LogP contribution < -0.4 is 0 Å². The second-order valence-electron chi connectivity index (χ2n) is 3.80. The molecule has 0 amide bonds. The summed E-state index contributed by atoms with van der Waals surface area (Å²) in [5.74, 6) is -2.00. The maximum atomic E-state index is 13.5. The average Bonchev–Trinajstić information content (AvgIpc) is 2.57. The number of carboxylic acid groups (broad SMARTS) is 1. The fourth-order valence-electron chi connectivity index (χ4n) is 1.74. The zero-order valence-electron chi connectivity index (χ0n) is 9.44. The van der Waals surface area contributed by atoms with Gasteiger partial charge in [0.25, 0.3) is 0 Å². The second kappa shape index (κ2) is 4.01. The number of aromatic carboxylic acids is 1. The van der Waals surface area contributed by atoms with Gasteiger partial charge in [0.05, 0.1) is 11.3 Å². The molecule has 1 N–H and O–H groups in total. The molecule has 0 saturated carbocycles. The van der Waals surface area contributed by atoms with Crippen molar-refractivity contribution in [1.82, 2.24) is 9.78 Å². The van der Waals surface area contributed by atoms with Crippen LogP contribution in [0.3, 0.4) is 0 Å². The molecular formula is C12H11FN2O2. The van der Waals surface area contributed by atoms with E-state index in [-0.39, 0.29) is 5.56 Å². The van der Waals surface area contributed by atoms with Crippen LogP contribution in [0.4, 0.5) is 4.39 Å². The van der Waals surface area contributed by atoms with Crippen LogP contribution in [-0.2, 0) is 7.05 Å². The standard InChI is InChI=1S/C12H11FN2O2/c1-7-10(6-15(2)14-7)8-3-4-9(12(16)17)11(13)5-8/h3-6H,1-2H3,(H,16,17). The minimum atomic E-state index is -1.27. The number of nitrogens with zero attached hydrogens (tertiary/aromatic N) is 2. The van der Waals surface area contributed by atoms with Crippen molar-refractivity contribution in [2.24, 2.45) is 7.05 Å². The molecule has 17 heavy (non-hydrogen) atoms. The van der Waals surface area contributed by atoms with Crippen LogP contribution in [0.15, 0.2) is 24.4 Å². The molecule has 88 valence electrons. The molecule has 0 spiro atoms. The van der Waals surface area contributed by atoms with Gasteiger partial charge in [-0.1, -0.05) is 6.07 Å². The third kappa shape index (κ3) is 2.04. The Morgan fingerprint density at radius 1 is 1.47 bits per heavy atom. The number of aromatic nitrogens is 2. The van der Waals surface area contributed by atoms with Gasteiger partial charge < -0.3 is 5.11 Å². The zero-order valence-corrected chi connectivity index (χ0v) is 9.44. The van der Waals surface area contributed by atoms with Gasteiger partial charge in [-0.15, -0.1) is 0 Å². The molecule has 0 unspecified atom stereocenters. The molecule has 2 rings (SSSR count). The molecule has 0 aliphatic carbocycles. The van der Waals surface area contributed by atoms with Crippen LogP contribution >= 0.6 is 0 Å². The molecule has 2 aromatic rings. The summed E-state index contributed by atoms with van der Waals surface area (Å²) in [6.45, 7) is 1.82. The van der Waals surface area contributed by atoms with Gasteiger partial charge in [-0.25, -0.2) is 9.18 Å². The first-order valence-corrected chi connectivity index (χ1v) is 5.02. The Balaban J connectivity index is 2.51. The number of carbonyl (C=O) groups is 1. The van der Waals surface area contributed by atoms with E-state index in [1.807, 2.05) is 6.92 Å². The molecule has 4 nitrogen and oxygen atoms in total. The van der Waals surface area contributed by atoms with Gasteiger partial charge in [-0.2, -0.15) is 5.10 Å². The van der Waals surface area contributed by atoms with Gasteiger partial charge in [-0.05, 0) is 24.6 Å². The van der Waals surface area contributed by atoms with Crippen LogP contribution in [0.5, 0.6) is 0 Å². The van der Waals surface area contributed by atoms with Crippen molar-refractivity contribution in [1.29, 1.82) is 0 Å². The fourth-order valence-corrected chi connectivity index (χ4v) is 1.74. The van der Waals surface area contributed by atoms with Gasteiger partial charge in [0, 0.05) is 18.8 Å². The molecule has 0 radical (unpaired) electrons. The number of halogens is 1. The third-order valence-electron chi connectivity index (χ3n) is 2.52. The van der Waals surface area contributed by atoms with E-state index >= 15 is 0 Å². The zero-order chi connectivity index (χ0) is 12.6. The number of carboxylic acids is 1. The largest absolute Gasteiger partial charge is 0.478 e. The van der Waals surface area contributed by atoms with Gasteiger partial charge >= 0.3 is 5.97 Å². The Labute approximate surface area is 97.3 Å². The Kier molecular flexibility index (Phi) is 2.67. The number of hydrogen-bond acceptors (Lipinski definition) is 2. The Bertz CT molecular complexity index is 590. The highest BCUT2D eigenvalue weighted by Crippen LogP contribution is 2.24. The molecule has 0 bridgehead atoms. The molecule has 1 aromatic carbocycles. The first-order valence-electron chi connectivity index (χ1n) is 5.02. The van der Waals surface area contributed by atoms with Crippen molar-refractivity contribution >= 4 is 5.97 Å².